The maximum absolute atomic E-state index is 13.3. The van der Waals surface area contributed by atoms with Crippen LogP contribution in [0.1, 0.15) is 32.0 Å². The molecule has 0 aliphatic carbocycles. The van der Waals surface area contributed by atoms with Crippen LogP contribution in [0, 0.1) is 11.3 Å². The summed E-state index contributed by atoms with van der Waals surface area (Å²) in [5.74, 6) is -0.510. The smallest absolute Gasteiger partial charge is 0.343 e. The number of carbonyl (C=O) groups is 2. The molecule has 1 amide bonds. The third-order valence-corrected chi connectivity index (χ3v) is 7.03. The van der Waals surface area contributed by atoms with Gasteiger partial charge in [-0.1, -0.05) is 57.9 Å². The summed E-state index contributed by atoms with van der Waals surface area (Å²) in [4.78, 5) is 28.9. The van der Waals surface area contributed by atoms with E-state index in [0.29, 0.717) is 49.5 Å². The molecule has 0 aliphatic rings. The summed E-state index contributed by atoms with van der Waals surface area (Å²) in [6, 6.07) is 26.2. The summed E-state index contributed by atoms with van der Waals surface area (Å²) >= 11 is 9.82. The Kier molecular flexibility index (Phi) is 8.15. The summed E-state index contributed by atoms with van der Waals surface area (Å²) in [5, 5.41) is 14.8. The average molecular weight is 628 g/mol. The number of aromatic nitrogens is 1. The van der Waals surface area contributed by atoms with E-state index in [1.165, 1.54) is 13.3 Å². The van der Waals surface area contributed by atoms with Gasteiger partial charge in [0.15, 0.2) is 11.5 Å². The first-order valence-corrected chi connectivity index (χ1v) is 13.4. The number of hydrogen-bond donors (Lipinski definition) is 2. The highest BCUT2D eigenvalue weighted by atomic mass is 79.9. The number of nitriles is 1. The Morgan fingerprint density at radius 2 is 1.80 bits per heavy atom. The fourth-order valence-corrected chi connectivity index (χ4v) is 4.73. The van der Waals surface area contributed by atoms with E-state index in [2.05, 4.69) is 37.5 Å². The number of para-hydroxylation sites is 1. The molecular formula is C31H20BrClN4O4. The van der Waals surface area contributed by atoms with Crippen molar-refractivity contribution in [3.8, 4) is 28.7 Å². The number of hydrazone groups is 1. The number of ether oxygens (including phenoxy) is 2. The molecule has 0 saturated heterocycles. The lowest BCUT2D eigenvalue weighted by Gasteiger charge is -2.10. The maximum atomic E-state index is 13.3. The van der Waals surface area contributed by atoms with Gasteiger partial charge in [-0.3, -0.25) is 4.79 Å². The van der Waals surface area contributed by atoms with E-state index < -0.39 is 11.9 Å². The number of methoxy groups -OCH3 is 1. The second-order valence-corrected chi connectivity index (χ2v) is 10.0. The summed E-state index contributed by atoms with van der Waals surface area (Å²) in [6.07, 6.45) is 1.43. The molecule has 0 unspecified atom stereocenters. The number of halogens is 2. The Bertz CT molecular complexity index is 1860. The topological polar surface area (TPSA) is 117 Å². The van der Waals surface area contributed by atoms with Crippen LogP contribution in [0.15, 0.2) is 94.5 Å². The monoisotopic (exact) mass is 626 g/mol. The fourth-order valence-electron chi connectivity index (χ4n) is 4.24. The molecule has 0 aliphatic heterocycles. The Labute approximate surface area is 248 Å². The van der Waals surface area contributed by atoms with Crippen LogP contribution in [0.4, 0.5) is 0 Å². The molecule has 41 heavy (non-hydrogen) atoms. The van der Waals surface area contributed by atoms with Crippen molar-refractivity contribution in [3.05, 3.63) is 117 Å². The third-order valence-electron chi connectivity index (χ3n) is 6.17. The Balaban J connectivity index is 1.38. The summed E-state index contributed by atoms with van der Waals surface area (Å²) < 4.78 is 11.7. The average Bonchev–Trinajstić information content (AvgIpc) is 3.38. The van der Waals surface area contributed by atoms with Crippen LogP contribution in [0.25, 0.3) is 22.0 Å². The largest absolute Gasteiger partial charge is 0.493 e. The van der Waals surface area contributed by atoms with Gasteiger partial charge in [0, 0.05) is 26.0 Å². The molecule has 10 heteroatoms. The molecule has 0 spiro atoms. The van der Waals surface area contributed by atoms with Crippen molar-refractivity contribution in [2.45, 2.75) is 0 Å². The lowest BCUT2D eigenvalue weighted by Crippen LogP contribution is -2.19. The zero-order chi connectivity index (χ0) is 28.9. The van der Waals surface area contributed by atoms with Gasteiger partial charge in [0.1, 0.15) is 11.8 Å². The zero-order valence-electron chi connectivity index (χ0n) is 21.4. The molecule has 202 valence electrons. The van der Waals surface area contributed by atoms with E-state index >= 15 is 0 Å². The van der Waals surface area contributed by atoms with Crippen LogP contribution >= 0.6 is 27.5 Å². The van der Waals surface area contributed by atoms with Crippen LogP contribution in [0.5, 0.6) is 11.5 Å². The first kappa shape index (κ1) is 27.6. The van der Waals surface area contributed by atoms with Gasteiger partial charge in [0.25, 0.3) is 5.91 Å². The number of hydrogen-bond acceptors (Lipinski definition) is 6. The number of esters is 1. The van der Waals surface area contributed by atoms with E-state index in [-0.39, 0.29) is 11.4 Å². The Morgan fingerprint density at radius 3 is 2.54 bits per heavy atom. The van der Waals surface area contributed by atoms with E-state index in [1.54, 1.807) is 72.8 Å². The molecule has 5 rings (SSSR count). The molecule has 5 aromatic rings. The second kappa shape index (κ2) is 12.1. The highest BCUT2D eigenvalue weighted by Crippen LogP contribution is 2.37. The number of rotatable bonds is 7. The number of nitrogens with one attached hydrogen (secondary N) is 2. The van der Waals surface area contributed by atoms with Crippen molar-refractivity contribution >= 4 is 56.5 Å². The van der Waals surface area contributed by atoms with E-state index in [0.717, 1.165) is 4.47 Å². The molecule has 1 heterocycles. The summed E-state index contributed by atoms with van der Waals surface area (Å²) in [7, 11) is 1.45. The van der Waals surface area contributed by atoms with Crippen LogP contribution < -0.4 is 14.9 Å². The van der Waals surface area contributed by atoms with Crippen molar-refractivity contribution in [2.75, 3.05) is 7.11 Å². The molecule has 2 N–H and O–H groups in total. The minimum Gasteiger partial charge on any atom is -0.493 e. The highest BCUT2D eigenvalue weighted by molar-refractivity contribution is 9.10. The molecule has 0 atom stereocenters. The highest BCUT2D eigenvalue weighted by Gasteiger charge is 2.22. The van der Waals surface area contributed by atoms with Crippen molar-refractivity contribution in [2.24, 2.45) is 5.10 Å². The Morgan fingerprint density at radius 1 is 1.02 bits per heavy atom. The van der Waals surface area contributed by atoms with Crippen LogP contribution in [0.2, 0.25) is 5.02 Å². The van der Waals surface area contributed by atoms with Gasteiger partial charge in [-0.15, -0.1) is 0 Å². The molecule has 0 radical (unpaired) electrons. The fraction of sp³-hybridized carbons (Fsp3) is 0.0323. The lowest BCUT2D eigenvalue weighted by atomic mass is 10.0. The normalized spacial score (nSPS) is 10.9. The molecule has 0 fully saturated rings. The number of carbonyl (C=O) groups excluding carboxylic acids is 2. The van der Waals surface area contributed by atoms with Crippen molar-refractivity contribution in [1.82, 2.24) is 10.4 Å². The molecular weight excluding hydrogens is 608 g/mol. The lowest BCUT2D eigenvalue weighted by molar-refractivity contribution is 0.0729. The minimum absolute atomic E-state index is 0.209. The molecule has 4 aromatic carbocycles. The van der Waals surface area contributed by atoms with E-state index in [4.69, 9.17) is 21.1 Å². The second-order valence-electron chi connectivity index (χ2n) is 8.70. The SMILES string of the molecule is COc1cc(C=NNC(=O)c2[nH]c3c(C#N)cccc3c2-c2ccccc2Cl)ccc1OC(=O)c1ccc(Br)cc1. The first-order chi connectivity index (χ1) is 19.9. The van der Waals surface area contributed by atoms with Crippen molar-refractivity contribution in [3.63, 3.8) is 0 Å². The minimum atomic E-state index is -0.531. The number of H-pyrrole nitrogens is 1. The van der Waals surface area contributed by atoms with Crippen molar-refractivity contribution < 1.29 is 19.1 Å². The molecule has 0 saturated carbocycles. The Hall–Kier alpha value is -4.91. The standard InChI is InChI=1S/C31H20BrClN4O4/c1-40-26-15-18(9-14-25(26)41-31(39)19-10-12-21(32)13-11-19)17-35-37-30(38)29-27(22-6-2-3-8-24(22)33)23-7-4-5-20(16-34)28(23)36-29/h2-15,17,36H,1H3,(H,37,38). The van der Waals surface area contributed by atoms with Crippen molar-refractivity contribution in [1.29, 1.82) is 5.26 Å². The van der Waals surface area contributed by atoms with Gasteiger partial charge < -0.3 is 14.5 Å². The molecule has 1 aromatic heterocycles. The third kappa shape index (κ3) is 5.84. The first-order valence-electron chi connectivity index (χ1n) is 12.2. The molecule has 0 bridgehead atoms. The van der Waals surface area contributed by atoms with Gasteiger partial charge >= 0.3 is 5.97 Å². The predicted octanol–water partition coefficient (Wildman–Crippen LogP) is 7.11. The van der Waals surface area contributed by atoms with Crippen LogP contribution in [-0.4, -0.2) is 30.2 Å². The predicted molar refractivity (Wildman–Crippen MR) is 161 cm³/mol. The number of fused-ring (bicyclic) bond motifs is 1. The quantitative estimate of drug-likeness (QED) is 0.0863. The van der Waals surface area contributed by atoms with Gasteiger partial charge in [-0.25, -0.2) is 10.2 Å². The van der Waals surface area contributed by atoms with Gasteiger partial charge in [0.2, 0.25) is 0 Å². The van der Waals surface area contributed by atoms with Gasteiger partial charge in [0.05, 0.1) is 30.0 Å². The summed E-state index contributed by atoms with van der Waals surface area (Å²) in [5.41, 5.74) is 5.83. The van der Waals surface area contributed by atoms with Crippen LogP contribution in [-0.2, 0) is 0 Å². The van der Waals surface area contributed by atoms with Crippen LogP contribution in [0.3, 0.4) is 0 Å². The zero-order valence-corrected chi connectivity index (χ0v) is 23.8. The number of amides is 1. The maximum Gasteiger partial charge on any atom is 0.343 e. The number of benzene rings is 4. The van der Waals surface area contributed by atoms with Gasteiger partial charge in [-0.2, -0.15) is 10.4 Å². The number of aromatic amines is 1. The van der Waals surface area contributed by atoms with E-state index in [9.17, 15) is 14.9 Å². The molecule has 8 nitrogen and oxygen atoms in total. The van der Waals surface area contributed by atoms with E-state index in [1.807, 2.05) is 12.1 Å². The number of nitrogens with zero attached hydrogens (tertiary/aromatic N) is 2. The summed E-state index contributed by atoms with van der Waals surface area (Å²) in [6.45, 7) is 0. The van der Waals surface area contributed by atoms with Gasteiger partial charge in [-0.05, 0) is 60.2 Å².